The van der Waals surface area contributed by atoms with Crippen molar-refractivity contribution in [1.82, 2.24) is 10.2 Å². The van der Waals surface area contributed by atoms with Crippen LogP contribution in [0.4, 0.5) is 4.39 Å². The summed E-state index contributed by atoms with van der Waals surface area (Å²) in [5.41, 5.74) is 1.38. The summed E-state index contributed by atoms with van der Waals surface area (Å²) in [6, 6.07) is 7.65. The highest BCUT2D eigenvalue weighted by Crippen LogP contribution is 2.28. The van der Waals surface area contributed by atoms with E-state index >= 15 is 0 Å². The number of nitrogens with zero attached hydrogens (tertiary/aromatic N) is 1. The van der Waals surface area contributed by atoms with Crippen LogP contribution >= 0.6 is 0 Å². The molecule has 1 aliphatic rings. The molecule has 1 aromatic heterocycles. The number of halogens is 1. The van der Waals surface area contributed by atoms with E-state index in [1.54, 1.807) is 30.1 Å². The van der Waals surface area contributed by atoms with Gasteiger partial charge in [-0.1, -0.05) is 12.1 Å². The lowest BCUT2D eigenvalue weighted by Crippen LogP contribution is -2.42. The Morgan fingerprint density at radius 2 is 1.83 bits per heavy atom. The zero-order valence-electron chi connectivity index (χ0n) is 13.4. The van der Waals surface area contributed by atoms with E-state index in [1.807, 2.05) is 0 Å². The van der Waals surface area contributed by atoms with Gasteiger partial charge in [0.1, 0.15) is 5.82 Å². The summed E-state index contributed by atoms with van der Waals surface area (Å²) in [4.78, 5) is 26.1. The number of hydrogen-bond acceptors (Lipinski definition) is 3. The van der Waals surface area contributed by atoms with E-state index in [9.17, 15) is 14.0 Å². The van der Waals surface area contributed by atoms with E-state index < -0.39 is 0 Å². The van der Waals surface area contributed by atoms with Gasteiger partial charge < -0.3 is 14.6 Å². The van der Waals surface area contributed by atoms with E-state index in [0.717, 1.165) is 5.56 Å². The van der Waals surface area contributed by atoms with Gasteiger partial charge in [-0.25, -0.2) is 4.39 Å². The quantitative estimate of drug-likeness (QED) is 0.941. The monoisotopic (exact) mass is 330 g/mol. The topological polar surface area (TPSA) is 62.6 Å². The third-order valence-corrected chi connectivity index (χ3v) is 4.41. The Morgan fingerprint density at radius 3 is 2.46 bits per heavy atom. The maximum atomic E-state index is 13.1. The predicted octanol–water partition coefficient (Wildman–Crippen LogP) is 2.68. The van der Waals surface area contributed by atoms with E-state index in [1.165, 1.54) is 18.4 Å². The highest BCUT2D eigenvalue weighted by Gasteiger charge is 2.29. The number of likely N-dealkylation sites (tertiary alicyclic amines) is 1. The van der Waals surface area contributed by atoms with Crippen molar-refractivity contribution in [1.29, 1.82) is 0 Å². The van der Waals surface area contributed by atoms with Crippen molar-refractivity contribution in [3.05, 3.63) is 48.2 Å². The molecule has 0 aliphatic carbocycles. The lowest BCUT2D eigenvalue weighted by atomic mass is 9.95. The molecule has 2 heterocycles. The Balaban J connectivity index is 1.74. The molecule has 0 unspecified atom stereocenters. The Hall–Kier alpha value is -2.63. The van der Waals surface area contributed by atoms with Crippen molar-refractivity contribution in [2.75, 3.05) is 20.1 Å². The maximum absolute atomic E-state index is 13.1. The smallest absolute Gasteiger partial charge is 0.290 e. The second kappa shape index (κ2) is 6.86. The van der Waals surface area contributed by atoms with Crippen molar-refractivity contribution in [2.45, 2.75) is 12.8 Å². The number of piperidine rings is 1. The van der Waals surface area contributed by atoms with E-state index in [-0.39, 0.29) is 29.3 Å². The van der Waals surface area contributed by atoms with Gasteiger partial charge in [-0.05, 0) is 36.6 Å². The summed E-state index contributed by atoms with van der Waals surface area (Å²) < 4.78 is 18.5. The average molecular weight is 330 g/mol. The van der Waals surface area contributed by atoms with Crippen LogP contribution in [0.2, 0.25) is 0 Å². The number of carbonyl (C=O) groups is 2. The highest BCUT2D eigenvalue weighted by molar-refractivity contribution is 5.98. The first-order valence-corrected chi connectivity index (χ1v) is 7.94. The minimum Gasteiger partial charge on any atom is -0.459 e. The van der Waals surface area contributed by atoms with Crippen LogP contribution in [0.3, 0.4) is 0 Å². The second-order valence-electron chi connectivity index (χ2n) is 5.85. The third kappa shape index (κ3) is 3.18. The first-order valence-electron chi connectivity index (χ1n) is 7.94. The van der Waals surface area contributed by atoms with Crippen LogP contribution in [0.15, 0.2) is 41.0 Å². The minimum absolute atomic E-state index is 0.0205. The van der Waals surface area contributed by atoms with Gasteiger partial charge in [-0.2, -0.15) is 0 Å². The molecular formula is C18H19FN2O3. The molecule has 6 heteroatoms. The molecule has 3 rings (SSSR count). The van der Waals surface area contributed by atoms with Crippen molar-refractivity contribution >= 4 is 11.8 Å². The van der Waals surface area contributed by atoms with E-state index in [0.29, 0.717) is 31.5 Å². The first-order chi connectivity index (χ1) is 11.6. The van der Waals surface area contributed by atoms with E-state index in [4.69, 9.17) is 4.42 Å². The largest absolute Gasteiger partial charge is 0.459 e. The van der Waals surface area contributed by atoms with Gasteiger partial charge in [-0.15, -0.1) is 0 Å². The molecule has 2 amide bonds. The molecule has 1 aliphatic heterocycles. The lowest BCUT2D eigenvalue weighted by Gasteiger charge is -2.30. The van der Waals surface area contributed by atoms with Crippen LogP contribution in [-0.2, 0) is 4.79 Å². The summed E-state index contributed by atoms with van der Waals surface area (Å²) in [7, 11) is 1.62. The summed E-state index contributed by atoms with van der Waals surface area (Å²) in [6.07, 6.45) is 2.74. The zero-order chi connectivity index (χ0) is 17.1. The summed E-state index contributed by atoms with van der Waals surface area (Å²) in [6.45, 7) is 1.03. The molecule has 24 heavy (non-hydrogen) atoms. The molecule has 1 fully saturated rings. The van der Waals surface area contributed by atoms with Crippen molar-refractivity contribution in [2.24, 2.45) is 5.92 Å². The van der Waals surface area contributed by atoms with Gasteiger partial charge >= 0.3 is 0 Å². The van der Waals surface area contributed by atoms with Crippen LogP contribution in [0, 0.1) is 11.7 Å². The van der Waals surface area contributed by atoms with Crippen LogP contribution in [0.5, 0.6) is 0 Å². The fourth-order valence-corrected chi connectivity index (χ4v) is 3.02. The number of furan rings is 1. The maximum Gasteiger partial charge on any atom is 0.290 e. The Morgan fingerprint density at radius 1 is 1.17 bits per heavy atom. The molecule has 1 saturated heterocycles. The molecule has 0 bridgehead atoms. The predicted molar refractivity (Wildman–Crippen MR) is 86.8 cm³/mol. The number of benzene rings is 1. The molecule has 126 valence electrons. The van der Waals surface area contributed by atoms with Gasteiger partial charge in [0.05, 0.1) is 6.26 Å². The van der Waals surface area contributed by atoms with Gasteiger partial charge in [0, 0.05) is 31.6 Å². The SMILES string of the molecule is CNC(=O)C1CCN(C(=O)c2occc2-c2ccc(F)cc2)CC1. The Labute approximate surface area is 139 Å². The van der Waals surface area contributed by atoms with Crippen molar-refractivity contribution in [3.8, 4) is 11.1 Å². The van der Waals surface area contributed by atoms with Crippen molar-refractivity contribution in [3.63, 3.8) is 0 Å². The summed E-state index contributed by atoms with van der Waals surface area (Å²) >= 11 is 0. The number of hydrogen-bond donors (Lipinski definition) is 1. The standard InChI is InChI=1S/C18H19FN2O3/c1-20-17(22)13-6-9-21(10-7-13)18(23)16-15(8-11-24-16)12-2-4-14(19)5-3-12/h2-5,8,11,13H,6-7,9-10H2,1H3,(H,20,22). The average Bonchev–Trinajstić information content (AvgIpc) is 3.11. The molecule has 2 aromatic rings. The number of carbonyl (C=O) groups excluding carboxylic acids is 2. The lowest BCUT2D eigenvalue weighted by molar-refractivity contribution is -0.125. The van der Waals surface area contributed by atoms with Crippen LogP contribution in [0.25, 0.3) is 11.1 Å². The van der Waals surface area contributed by atoms with Crippen LogP contribution in [0.1, 0.15) is 23.4 Å². The summed E-state index contributed by atoms with van der Waals surface area (Å²) in [5.74, 6) is -0.305. The normalized spacial score (nSPS) is 15.3. The molecule has 0 atom stereocenters. The van der Waals surface area contributed by atoms with Gasteiger partial charge in [0.2, 0.25) is 5.91 Å². The van der Waals surface area contributed by atoms with Gasteiger partial charge in [0.15, 0.2) is 5.76 Å². The zero-order valence-corrected chi connectivity index (χ0v) is 13.4. The van der Waals surface area contributed by atoms with Crippen LogP contribution < -0.4 is 5.32 Å². The van der Waals surface area contributed by atoms with Crippen molar-refractivity contribution < 1.29 is 18.4 Å². The molecule has 0 saturated carbocycles. The first kappa shape index (κ1) is 16.2. The molecule has 5 nitrogen and oxygen atoms in total. The Bertz CT molecular complexity index is 731. The Kier molecular flexibility index (Phi) is 4.64. The number of amides is 2. The fourth-order valence-electron chi connectivity index (χ4n) is 3.02. The van der Waals surface area contributed by atoms with E-state index in [2.05, 4.69) is 5.32 Å². The number of nitrogens with one attached hydrogen (secondary N) is 1. The summed E-state index contributed by atoms with van der Waals surface area (Å²) in [5, 5.41) is 2.65. The molecule has 1 aromatic carbocycles. The third-order valence-electron chi connectivity index (χ3n) is 4.41. The number of rotatable bonds is 3. The second-order valence-corrected chi connectivity index (χ2v) is 5.85. The minimum atomic E-state index is -0.327. The highest BCUT2D eigenvalue weighted by atomic mass is 19.1. The molecule has 1 N–H and O–H groups in total. The van der Waals surface area contributed by atoms with Crippen LogP contribution in [-0.4, -0.2) is 36.9 Å². The van der Waals surface area contributed by atoms with Gasteiger partial charge in [-0.3, -0.25) is 9.59 Å². The van der Waals surface area contributed by atoms with Gasteiger partial charge in [0.25, 0.3) is 5.91 Å². The molecular weight excluding hydrogens is 311 g/mol. The molecule has 0 spiro atoms. The molecule has 0 radical (unpaired) electrons. The fraction of sp³-hybridized carbons (Fsp3) is 0.333.